The molecular weight excluding hydrogens is 530 g/mol. The highest BCUT2D eigenvalue weighted by Crippen LogP contribution is 2.31. The number of aliphatic imine (C=N–C) groups is 1. The van der Waals surface area contributed by atoms with Crippen molar-refractivity contribution in [3.05, 3.63) is 95.6 Å². The van der Waals surface area contributed by atoms with Gasteiger partial charge in [-0.1, -0.05) is 42.1 Å². The molecular formula is C30H29N3O6S. The summed E-state index contributed by atoms with van der Waals surface area (Å²) < 4.78 is 10.0. The Morgan fingerprint density at radius 1 is 0.875 bits per heavy atom. The molecule has 0 aromatic heterocycles. The zero-order valence-electron chi connectivity index (χ0n) is 22.2. The highest BCUT2D eigenvalue weighted by molar-refractivity contribution is 8.15. The first kappa shape index (κ1) is 28.6. The number of anilines is 1. The van der Waals surface area contributed by atoms with E-state index in [9.17, 15) is 19.2 Å². The molecule has 3 aromatic rings. The summed E-state index contributed by atoms with van der Waals surface area (Å²) in [6, 6.07) is 22.4. The number of hydrogen-bond acceptors (Lipinski definition) is 8. The number of carbonyl (C=O) groups excluding carboxylic acids is 4. The topological polar surface area (TPSA) is 114 Å². The Kier molecular flexibility index (Phi) is 9.69. The maximum atomic E-state index is 13.3. The Morgan fingerprint density at radius 2 is 1.45 bits per heavy atom. The molecule has 0 spiro atoms. The number of nitrogens with one attached hydrogen (secondary N) is 1. The van der Waals surface area contributed by atoms with E-state index in [4.69, 9.17) is 9.47 Å². The van der Waals surface area contributed by atoms with E-state index in [-0.39, 0.29) is 31.4 Å². The lowest BCUT2D eigenvalue weighted by Gasteiger charge is -2.32. The molecule has 3 aromatic carbocycles. The molecule has 0 saturated carbocycles. The number of nitrogens with zero attached hydrogens (tertiary/aromatic N) is 2. The third kappa shape index (κ3) is 7.35. The fourth-order valence-corrected chi connectivity index (χ4v) is 4.98. The van der Waals surface area contributed by atoms with Gasteiger partial charge in [0.2, 0.25) is 11.8 Å². The molecule has 1 saturated heterocycles. The van der Waals surface area contributed by atoms with Gasteiger partial charge < -0.3 is 14.8 Å². The fraction of sp³-hybridized carbons (Fsp3) is 0.233. The summed E-state index contributed by atoms with van der Waals surface area (Å²) in [5, 5.41) is 2.48. The van der Waals surface area contributed by atoms with Gasteiger partial charge >= 0.3 is 11.9 Å². The van der Waals surface area contributed by atoms with Crippen LogP contribution in [0.3, 0.4) is 0 Å². The van der Waals surface area contributed by atoms with Crippen LogP contribution in [0.15, 0.2) is 83.9 Å². The lowest BCUT2D eigenvalue weighted by Crippen LogP contribution is -2.44. The van der Waals surface area contributed by atoms with Gasteiger partial charge in [0.05, 0.1) is 36.6 Å². The van der Waals surface area contributed by atoms with Crippen LogP contribution in [0.1, 0.15) is 46.5 Å². The number of ether oxygens (including phenoxy) is 2. The molecule has 10 heteroatoms. The van der Waals surface area contributed by atoms with Crippen LogP contribution < -0.4 is 5.32 Å². The van der Waals surface area contributed by atoms with Crippen molar-refractivity contribution in [1.82, 2.24) is 4.90 Å². The summed E-state index contributed by atoms with van der Waals surface area (Å²) in [6.45, 7) is 4.31. The molecule has 0 aliphatic carbocycles. The highest BCUT2D eigenvalue weighted by Gasteiger charge is 2.36. The average molecular weight is 560 g/mol. The van der Waals surface area contributed by atoms with Crippen LogP contribution in [0, 0.1) is 0 Å². The van der Waals surface area contributed by atoms with Crippen molar-refractivity contribution in [3.8, 4) is 0 Å². The van der Waals surface area contributed by atoms with Crippen LogP contribution in [0.2, 0.25) is 0 Å². The Morgan fingerprint density at radius 3 is 2.02 bits per heavy atom. The molecule has 0 radical (unpaired) electrons. The molecule has 0 bridgehead atoms. The van der Waals surface area contributed by atoms with Crippen molar-refractivity contribution >= 4 is 52.1 Å². The van der Waals surface area contributed by atoms with Crippen molar-refractivity contribution in [1.29, 1.82) is 0 Å². The largest absolute Gasteiger partial charge is 0.462 e. The van der Waals surface area contributed by atoms with E-state index >= 15 is 0 Å². The molecule has 1 aliphatic rings. The van der Waals surface area contributed by atoms with Gasteiger partial charge in [0.1, 0.15) is 5.25 Å². The molecule has 1 aliphatic heterocycles. The number of carbonyl (C=O) groups is 4. The average Bonchev–Trinajstić information content (AvgIpc) is 2.96. The lowest BCUT2D eigenvalue weighted by atomic mass is 10.2. The number of amides is 2. The number of amidine groups is 1. The zero-order valence-corrected chi connectivity index (χ0v) is 23.0. The summed E-state index contributed by atoms with van der Waals surface area (Å²) >= 11 is 1.20. The van der Waals surface area contributed by atoms with Gasteiger partial charge in [0.15, 0.2) is 5.17 Å². The minimum atomic E-state index is -0.721. The van der Waals surface area contributed by atoms with Crippen LogP contribution >= 0.6 is 11.8 Å². The Balaban J connectivity index is 1.54. The van der Waals surface area contributed by atoms with Crippen molar-refractivity contribution in [2.24, 2.45) is 4.99 Å². The zero-order chi connectivity index (χ0) is 28.5. The molecule has 1 N–H and O–H groups in total. The van der Waals surface area contributed by atoms with Gasteiger partial charge in [-0.25, -0.2) is 14.6 Å². The van der Waals surface area contributed by atoms with Gasteiger partial charge in [0.25, 0.3) is 0 Å². The Hall–Kier alpha value is -4.44. The molecule has 1 unspecified atom stereocenters. The fourth-order valence-electron chi connectivity index (χ4n) is 3.89. The van der Waals surface area contributed by atoms with E-state index in [0.717, 1.165) is 5.56 Å². The molecule has 9 nitrogen and oxygen atoms in total. The highest BCUT2D eigenvalue weighted by atomic mass is 32.2. The van der Waals surface area contributed by atoms with Gasteiger partial charge in [-0.3, -0.25) is 14.5 Å². The standard InChI is InChI=1S/C30H29N3O6S/c1-3-38-28(36)21-10-14-23(15-11-21)31-27(35)25-18-26(34)33(19-20-8-6-5-7-9-20)30(40-25)32-24-16-12-22(13-17-24)29(37)39-4-2/h5-17,25H,3-4,18-19H2,1-2H3,(H,31,35). The van der Waals surface area contributed by atoms with E-state index in [1.54, 1.807) is 67.3 Å². The van der Waals surface area contributed by atoms with Gasteiger partial charge in [-0.2, -0.15) is 0 Å². The first-order valence-corrected chi connectivity index (χ1v) is 13.7. The third-order valence-electron chi connectivity index (χ3n) is 5.88. The molecule has 1 atom stereocenters. The molecule has 1 heterocycles. The number of thioether (sulfide) groups is 1. The Labute approximate surface area is 236 Å². The second kappa shape index (κ2) is 13.6. The maximum absolute atomic E-state index is 13.3. The third-order valence-corrected chi connectivity index (χ3v) is 7.07. The quantitative estimate of drug-likeness (QED) is 0.359. The van der Waals surface area contributed by atoms with Crippen LogP contribution in [0.25, 0.3) is 0 Å². The van der Waals surface area contributed by atoms with Crippen molar-refractivity contribution < 1.29 is 28.7 Å². The predicted octanol–water partition coefficient (Wildman–Crippen LogP) is 5.20. The van der Waals surface area contributed by atoms with Gasteiger partial charge in [-0.15, -0.1) is 0 Å². The lowest BCUT2D eigenvalue weighted by molar-refractivity contribution is -0.129. The smallest absolute Gasteiger partial charge is 0.338 e. The first-order chi connectivity index (χ1) is 19.4. The number of esters is 2. The summed E-state index contributed by atoms with van der Waals surface area (Å²) in [5.74, 6) is -1.46. The number of rotatable bonds is 9. The van der Waals surface area contributed by atoms with E-state index in [0.29, 0.717) is 34.2 Å². The van der Waals surface area contributed by atoms with Crippen molar-refractivity contribution in [2.45, 2.75) is 32.1 Å². The second-order valence-electron chi connectivity index (χ2n) is 8.72. The monoisotopic (exact) mass is 559 g/mol. The van der Waals surface area contributed by atoms with Crippen LogP contribution in [-0.4, -0.2) is 52.3 Å². The Bertz CT molecular complexity index is 1390. The molecule has 4 rings (SSSR count). The SMILES string of the molecule is CCOC(=O)c1ccc(N=C2SC(C(=O)Nc3ccc(C(=O)OCC)cc3)CC(=O)N2Cc2ccccc2)cc1. The van der Waals surface area contributed by atoms with Crippen LogP contribution in [0.4, 0.5) is 11.4 Å². The van der Waals surface area contributed by atoms with E-state index in [2.05, 4.69) is 10.3 Å². The first-order valence-electron chi connectivity index (χ1n) is 12.8. The molecule has 206 valence electrons. The van der Waals surface area contributed by atoms with Gasteiger partial charge in [0, 0.05) is 12.1 Å². The molecule has 2 amide bonds. The molecule has 40 heavy (non-hydrogen) atoms. The minimum absolute atomic E-state index is 0.00887. The number of benzene rings is 3. The van der Waals surface area contributed by atoms with Gasteiger partial charge in [-0.05, 0) is 67.9 Å². The molecule has 1 fully saturated rings. The van der Waals surface area contributed by atoms with Crippen LogP contribution in [0.5, 0.6) is 0 Å². The minimum Gasteiger partial charge on any atom is -0.462 e. The van der Waals surface area contributed by atoms with Crippen LogP contribution in [-0.2, 0) is 25.6 Å². The summed E-state index contributed by atoms with van der Waals surface area (Å²) in [5.41, 5.74) is 2.71. The summed E-state index contributed by atoms with van der Waals surface area (Å²) in [4.78, 5) is 56.6. The number of hydrogen-bond donors (Lipinski definition) is 1. The van der Waals surface area contributed by atoms with E-state index in [1.807, 2.05) is 30.3 Å². The summed E-state index contributed by atoms with van der Waals surface area (Å²) in [7, 11) is 0. The maximum Gasteiger partial charge on any atom is 0.338 e. The van der Waals surface area contributed by atoms with E-state index in [1.165, 1.54) is 11.8 Å². The van der Waals surface area contributed by atoms with Crippen molar-refractivity contribution in [3.63, 3.8) is 0 Å². The normalized spacial score (nSPS) is 15.9. The predicted molar refractivity (Wildman–Crippen MR) is 154 cm³/mol. The van der Waals surface area contributed by atoms with E-state index < -0.39 is 17.2 Å². The second-order valence-corrected chi connectivity index (χ2v) is 9.89. The van der Waals surface area contributed by atoms with Crippen molar-refractivity contribution in [2.75, 3.05) is 18.5 Å². The summed E-state index contributed by atoms with van der Waals surface area (Å²) in [6.07, 6.45) is -0.00887.